The van der Waals surface area contributed by atoms with Crippen molar-refractivity contribution in [1.82, 2.24) is 14.5 Å². The second-order valence-corrected chi connectivity index (χ2v) is 6.44. The van der Waals surface area contributed by atoms with E-state index in [0.29, 0.717) is 30.8 Å². The molecule has 2 aromatic heterocycles. The Balaban J connectivity index is 1.85. The van der Waals surface area contributed by atoms with E-state index < -0.39 is 17.2 Å². The van der Waals surface area contributed by atoms with Gasteiger partial charge in [-0.1, -0.05) is 13.8 Å². The Morgan fingerprint density at radius 2 is 1.72 bits per heavy atom. The van der Waals surface area contributed by atoms with E-state index >= 15 is 0 Å². The Morgan fingerprint density at radius 3 is 2.34 bits per heavy atom. The van der Waals surface area contributed by atoms with Crippen molar-refractivity contribution in [2.45, 2.75) is 33.2 Å². The molecule has 0 atom stereocenters. The maximum atomic E-state index is 12.6. The van der Waals surface area contributed by atoms with Crippen LogP contribution in [0.15, 0.2) is 46.1 Å². The molecule has 0 radical (unpaired) electrons. The molecule has 2 heterocycles. The molecule has 9 nitrogen and oxygen atoms in total. The van der Waals surface area contributed by atoms with E-state index in [1.807, 2.05) is 6.92 Å². The van der Waals surface area contributed by atoms with Crippen molar-refractivity contribution in [3.05, 3.63) is 62.9 Å². The fourth-order valence-corrected chi connectivity index (χ4v) is 2.81. The molecule has 0 aliphatic rings. The van der Waals surface area contributed by atoms with Crippen LogP contribution < -0.4 is 21.9 Å². The van der Waals surface area contributed by atoms with Crippen molar-refractivity contribution >= 4 is 34.2 Å². The summed E-state index contributed by atoms with van der Waals surface area (Å²) in [5, 5.41) is 5.61. The van der Waals surface area contributed by atoms with Gasteiger partial charge in [-0.15, -0.1) is 0 Å². The summed E-state index contributed by atoms with van der Waals surface area (Å²) in [6, 6.07) is 8.08. The molecule has 0 bridgehead atoms. The molecule has 0 spiro atoms. The summed E-state index contributed by atoms with van der Waals surface area (Å²) in [6.07, 6.45) is 2.40. The van der Waals surface area contributed by atoms with Crippen molar-refractivity contribution in [2.24, 2.45) is 0 Å². The molecular formula is C20H21N5O4. The SMILES string of the molecule is CCCn1c(=O)[nH]c(=O)c2cc(C(=O)Nc3ccc(NC(=O)CC)cc3)cnc21. The zero-order chi connectivity index (χ0) is 21.0. The molecule has 0 saturated heterocycles. The predicted octanol–water partition coefficient (Wildman–Crippen LogP) is 2.10. The van der Waals surface area contributed by atoms with Gasteiger partial charge in [0.2, 0.25) is 5.91 Å². The first-order chi connectivity index (χ1) is 13.9. The second kappa shape index (κ2) is 8.51. The van der Waals surface area contributed by atoms with Gasteiger partial charge in [0.05, 0.1) is 10.9 Å². The summed E-state index contributed by atoms with van der Waals surface area (Å²) in [6.45, 7) is 4.07. The van der Waals surface area contributed by atoms with Crippen LogP contribution in [0.4, 0.5) is 11.4 Å². The van der Waals surface area contributed by atoms with Gasteiger partial charge in [-0.3, -0.25) is 23.9 Å². The number of aromatic amines is 1. The van der Waals surface area contributed by atoms with E-state index in [1.165, 1.54) is 16.8 Å². The lowest BCUT2D eigenvalue weighted by atomic mass is 10.2. The molecular weight excluding hydrogens is 374 g/mol. The summed E-state index contributed by atoms with van der Waals surface area (Å²) in [4.78, 5) is 54.5. The molecule has 3 N–H and O–H groups in total. The van der Waals surface area contributed by atoms with Gasteiger partial charge in [0, 0.05) is 30.5 Å². The maximum Gasteiger partial charge on any atom is 0.329 e. The number of pyridine rings is 1. The normalized spacial score (nSPS) is 10.7. The molecule has 0 aliphatic carbocycles. The fourth-order valence-electron chi connectivity index (χ4n) is 2.81. The summed E-state index contributed by atoms with van der Waals surface area (Å²) in [5.41, 5.74) is 0.471. The Kier molecular flexibility index (Phi) is 5.87. The van der Waals surface area contributed by atoms with E-state index in [0.717, 1.165) is 0 Å². The highest BCUT2D eigenvalue weighted by Gasteiger charge is 2.13. The number of nitrogens with one attached hydrogen (secondary N) is 3. The molecule has 0 fully saturated rings. The van der Waals surface area contributed by atoms with Crippen LogP contribution in [0.3, 0.4) is 0 Å². The number of amides is 2. The van der Waals surface area contributed by atoms with Gasteiger partial charge < -0.3 is 10.6 Å². The van der Waals surface area contributed by atoms with Crippen LogP contribution in [-0.4, -0.2) is 26.3 Å². The summed E-state index contributed by atoms with van der Waals surface area (Å²) >= 11 is 0. The van der Waals surface area contributed by atoms with E-state index in [4.69, 9.17) is 0 Å². The number of nitrogens with zero attached hydrogens (tertiary/aromatic N) is 2. The third-order valence-corrected chi connectivity index (χ3v) is 4.29. The van der Waals surface area contributed by atoms with Gasteiger partial charge >= 0.3 is 5.69 Å². The Bertz CT molecular complexity index is 1180. The van der Waals surface area contributed by atoms with Crippen LogP contribution >= 0.6 is 0 Å². The number of benzene rings is 1. The molecule has 3 aromatic rings. The van der Waals surface area contributed by atoms with Crippen LogP contribution in [-0.2, 0) is 11.3 Å². The molecule has 0 unspecified atom stereocenters. The van der Waals surface area contributed by atoms with Gasteiger partial charge in [0.1, 0.15) is 5.65 Å². The zero-order valence-corrected chi connectivity index (χ0v) is 16.1. The van der Waals surface area contributed by atoms with Crippen molar-refractivity contribution in [2.75, 3.05) is 10.6 Å². The monoisotopic (exact) mass is 395 g/mol. The third kappa shape index (κ3) is 4.40. The average Bonchev–Trinajstić information content (AvgIpc) is 2.72. The second-order valence-electron chi connectivity index (χ2n) is 6.44. The Labute approximate surface area is 165 Å². The molecule has 0 aliphatic heterocycles. The number of carbonyl (C=O) groups excluding carboxylic acids is 2. The van der Waals surface area contributed by atoms with Crippen LogP contribution in [0.5, 0.6) is 0 Å². The molecule has 29 heavy (non-hydrogen) atoms. The third-order valence-electron chi connectivity index (χ3n) is 4.29. The zero-order valence-electron chi connectivity index (χ0n) is 16.1. The maximum absolute atomic E-state index is 12.6. The number of anilines is 2. The minimum Gasteiger partial charge on any atom is -0.326 e. The van der Waals surface area contributed by atoms with E-state index in [2.05, 4.69) is 20.6 Å². The first-order valence-electron chi connectivity index (χ1n) is 9.27. The van der Waals surface area contributed by atoms with Gasteiger partial charge in [-0.2, -0.15) is 0 Å². The molecule has 9 heteroatoms. The smallest absolute Gasteiger partial charge is 0.326 e. The van der Waals surface area contributed by atoms with Gasteiger partial charge in [-0.25, -0.2) is 9.78 Å². The fraction of sp³-hybridized carbons (Fsp3) is 0.250. The molecule has 2 amide bonds. The summed E-state index contributed by atoms with van der Waals surface area (Å²) in [7, 11) is 0. The summed E-state index contributed by atoms with van der Waals surface area (Å²) in [5.74, 6) is -0.548. The van der Waals surface area contributed by atoms with Crippen LogP contribution in [0, 0.1) is 0 Å². The number of fused-ring (bicyclic) bond motifs is 1. The quantitative estimate of drug-likeness (QED) is 0.589. The van der Waals surface area contributed by atoms with E-state index in [1.54, 1.807) is 31.2 Å². The van der Waals surface area contributed by atoms with Gasteiger partial charge in [0.25, 0.3) is 11.5 Å². The Morgan fingerprint density at radius 1 is 1.07 bits per heavy atom. The number of hydrogen-bond donors (Lipinski definition) is 3. The lowest BCUT2D eigenvalue weighted by Gasteiger charge is -2.10. The number of hydrogen-bond acceptors (Lipinski definition) is 5. The van der Waals surface area contributed by atoms with Crippen LogP contribution in [0.25, 0.3) is 11.0 Å². The van der Waals surface area contributed by atoms with Gasteiger partial charge in [0.15, 0.2) is 0 Å². The topological polar surface area (TPSA) is 126 Å². The van der Waals surface area contributed by atoms with E-state index in [-0.39, 0.29) is 22.5 Å². The number of aryl methyl sites for hydroxylation is 1. The average molecular weight is 395 g/mol. The molecule has 3 rings (SSSR count). The standard InChI is InChI=1S/C20H21N5O4/c1-3-9-25-17-15(19(28)24-20(25)29)10-12(11-21-17)18(27)23-14-7-5-13(6-8-14)22-16(26)4-2/h5-8,10-11H,3-4,9H2,1-2H3,(H,22,26)(H,23,27)(H,24,28,29). The Hall–Kier alpha value is -3.75. The first kappa shape index (κ1) is 20.0. The molecule has 150 valence electrons. The highest BCUT2D eigenvalue weighted by Crippen LogP contribution is 2.16. The van der Waals surface area contributed by atoms with Crippen molar-refractivity contribution in [3.63, 3.8) is 0 Å². The summed E-state index contributed by atoms with van der Waals surface area (Å²) < 4.78 is 1.38. The number of H-pyrrole nitrogens is 1. The van der Waals surface area contributed by atoms with Crippen LogP contribution in [0.1, 0.15) is 37.0 Å². The highest BCUT2D eigenvalue weighted by atomic mass is 16.2. The van der Waals surface area contributed by atoms with Crippen molar-refractivity contribution in [3.8, 4) is 0 Å². The lowest BCUT2D eigenvalue weighted by molar-refractivity contribution is -0.115. The highest BCUT2D eigenvalue weighted by molar-refractivity contribution is 6.05. The van der Waals surface area contributed by atoms with Crippen LogP contribution in [0.2, 0.25) is 0 Å². The predicted molar refractivity (Wildman–Crippen MR) is 110 cm³/mol. The largest absolute Gasteiger partial charge is 0.329 e. The first-order valence-corrected chi connectivity index (χ1v) is 9.27. The van der Waals surface area contributed by atoms with Crippen molar-refractivity contribution < 1.29 is 9.59 Å². The number of aromatic nitrogens is 3. The minimum atomic E-state index is -0.587. The molecule has 0 saturated carbocycles. The van der Waals surface area contributed by atoms with Gasteiger partial charge in [-0.05, 0) is 36.8 Å². The number of rotatable bonds is 6. The number of carbonyl (C=O) groups is 2. The molecule has 1 aromatic carbocycles. The lowest BCUT2D eigenvalue weighted by Crippen LogP contribution is -2.31. The van der Waals surface area contributed by atoms with E-state index in [9.17, 15) is 19.2 Å². The minimum absolute atomic E-state index is 0.101. The van der Waals surface area contributed by atoms with Crippen molar-refractivity contribution in [1.29, 1.82) is 0 Å².